The molecular formula is C24H27N5O. The van der Waals surface area contributed by atoms with Crippen LogP contribution < -0.4 is 15.6 Å². The van der Waals surface area contributed by atoms with Gasteiger partial charge in [-0.25, -0.2) is 10.2 Å². The third-order valence-electron chi connectivity index (χ3n) is 7.21. The number of urea groups is 1. The van der Waals surface area contributed by atoms with Gasteiger partial charge in [0.15, 0.2) is 0 Å². The summed E-state index contributed by atoms with van der Waals surface area (Å²) in [7, 11) is 0. The zero-order valence-electron chi connectivity index (χ0n) is 17.1. The van der Waals surface area contributed by atoms with Crippen molar-refractivity contribution in [1.29, 1.82) is 0 Å². The molecule has 2 bridgehead atoms. The molecule has 3 aliphatic rings. The van der Waals surface area contributed by atoms with Crippen LogP contribution in [0.5, 0.6) is 0 Å². The number of amides is 2. The van der Waals surface area contributed by atoms with E-state index in [9.17, 15) is 4.79 Å². The van der Waals surface area contributed by atoms with Crippen molar-refractivity contribution >= 4 is 22.6 Å². The fourth-order valence-corrected chi connectivity index (χ4v) is 5.88. The van der Waals surface area contributed by atoms with Gasteiger partial charge in [0.25, 0.3) is 0 Å². The Balaban J connectivity index is 1.21. The first-order chi connectivity index (χ1) is 14.8. The van der Waals surface area contributed by atoms with E-state index in [0.717, 1.165) is 23.7 Å². The van der Waals surface area contributed by atoms with E-state index in [2.05, 4.69) is 38.9 Å². The van der Waals surface area contributed by atoms with Crippen LogP contribution in [0.2, 0.25) is 0 Å². The molecule has 1 aliphatic carbocycles. The smallest absolute Gasteiger partial charge is 0.335 e. The number of carbonyl (C=O) groups excluding carboxylic acids is 1. The van der Waals surface area contributed by atoms with Gasteiger partial charge in [-0.1, -0.05) is 30.3 Å². The lowest BCUT2D eigenvalue weighted by Gasteiger charge is -2.38. The first-order valence-electron chi connectivity index (χ1n) is 11.2. The van der Waals surface area contributed by atoms with E-state index in [1.165, 1.54) is 48.9 Å². The van der Waals surface area contributed by atoms with Gasteiger partial charge in [0.2, 0.25) is 0 Å². The van der Waals surface area contributed by atoms with Crippen LogP contribution in [0, 0.1) is 0 Å². The molecule has 2 aliphatic heterocycles. The van der Waals surface area contributed by atoms with Gasteiger partial charge in [-0.2, -0.15) is 9.89 Å². The van der Waals surface area contributed by atoms with E-state index >= 15 is 0 Å². The Morgan fingerprint density at radius 1 is 0.967 bits per heavy atom. The lowest BCUT2D eigenvalue weighted by Crippen LogP contribution is -2.40. The Morgan fingerprint density at radius 3 is 2.67 bits per heavy atom. The highest BCUT2D eigenvalue weighted by atomic mass is 16.2. The molecule has 3 unspecified atom stereocenters. The second kappa shape index (κ2) is 7.04. The van der Waals surface area contributed by atoms with Crippen LogP contribution in [-0.4, -0.2) is 28.0 Å². The van der Waals surface area contributed by atoms with Gasteiger partial charge in [-0.15, -0.1) is 0 Å². The molecule has 3 heterocycles. The Bertz CT molecular complexity index is 1090. The Morgan fingerprint density at radius 2 is 1.80 bits per heavy atom. The van der Waals surface area contributed by atoms with Gasteiger partial charge in [-0.3, -0.25) is 0 Å². The summed E-state index contributed by atoms with van der Waals surface area (Å²) in [6.45, 7) is 0. The molecule has 30 heavy (non-hydrogen) atoms. The lowest BCUT2D eigenvalue weighted by molar-refractivity contribution is 0.245. The van der Waals surface area contributed by atoms with Crippen molar-refractivity contribution in [3.8, 4) is 0 Å². The van der Waals surface area contributed by atoms with Crippen molar-refractivity contribution in [3.05, 3.63) is 59.8 Å². The largest absolute Gasteiger partial charge is 0.365 e. The van der Waals surface area contributed by atoms with E-state index in [1.807, 2.05) is 24.3 Å². The van der Waals surface area contributed by atoms with Crippen LogP contribution in [-0.2, 0) is 6.42 Å². The molecule has 0 spiro atoms. The van der Waals surface area contributed by atoms with E-state index in [0.29, 0.717) is 12.1 Å². The van der Waals surface area contributed by atoms with Crippen molar-refractivity contribution in [2.75, 3.05) is 10.3 Å². The molecular weight excluding hydrogens is 374 g/mol. The molecule has 3 atom stereocenters. The van der Waals surface area contributed by atoms with Gasteiger partial charge >= 0.3 is 6.03 Å². The molecule has 0 saturated carbocycles. The summed E-state index contributed by atoms with van der Waals surface area (Å²) in [6.07, 6.45) is 10.4. The number of hydrogen-bond donors (Lipinski definition) is 2. The zero-order valence-corrected chi connectivity index (χ0v) is 17.1. The molecule has 2 fully saturated rings. The highest BCUT2D eigenvalue weighted by molar-refractivity contribution is 5.86. The van der Waals surface area contributed by atoms with Gasteiger partial charge in [0, 0.05) is 23.2 Å². The Labute approximate surface area is 176 Å². The van der Waals surface area contributed by atoms with Gasteiger partial charge in [0.1, 0.15) is 0 Å². The average Bonchev–Trinajstić information content (AvgIpc) is 3.43. The van der Waals surface area contributed by atoms with Crippen LogP contribution in [0.15, 0.2) is 48.7 Å². The van der Waals surface area contributed by atoms with Gasteiger partial charge < -0.3 is 10.2 Å². The Hall–Kier alpha value is -3.02. The molecule has 6 heteroatoms. The first kappa shape index (κ1) is 17.8. The minimum atomic E-state index is -0.217. The summed E-state index contributed by atoms with van der Waals surface area (Å²) in [6, 6.07) is 15.7. The molecule has 6 rings (SSSR count). The third kappa shape index (κ3) is 2.85. The highest BCUT2D eigenvalue weighted by Gasteiger charge is 2.38. The standard InChI is InChI=1S/C24H27N5O/c30-24(27-29-22-9-2-1-5-16(22)15-25-29)26-21-14-13-20-19(21)8-4-10-23(20)28-17-6-3-7-18(28)12-11-17/h1-2,4-5,8-10,15,17-18,21H,3,6-7,11-14H2,(H2,26,27,30). The highest BCUT2D eigenvalue weighted by Crippen LogP contribution is 2.44. The second-order valence-electron chi connectivity index (χ2n) is 8.86. The number of anilines is 1. The zero-order chi connectivity index (χ0) is 20.1. The second-order valence-corrected chi connectivity index (χ2v) is 8.86. The molecule has 2 N–H and O–H groups in total. The maximum atomic E-state index is 12.7. The number of aromatic nitrogens is 2. The summed E-state index contributed by atoms with van der Waals surface area (Å²) in [5.41, 5.74) is 7.89. The quantitative estimate of drug-likeness (QED) is 0.679. The van der Waals surface area contributed by atoms with Crippen molar-refractivity contribution in [3.63, 3.8) is 0 Å². The number of benzene rings is 2. The minimum Gasteiger partial charge on any atom is -0.365 e. The fraction of sp³-hybridized carbons (Fsp3) is 0.417. The average molecular weight is 402 g/mol. The number of fused-ring (bicyclic) bond motifs is 4. The number of para-hydroxylation sites is 1. The van der Waals surface area contributed by atoms with E-state index in [-0.39, 0.29) is 12.1 Å². The number of carbonyl (C=O) groups is 1. The van der Waals surface area contributed by atoms with Crippen molar-refractivity contribution in [2.24, 2.45) is 0 Å². The number of hydrogen-bond acceptors (Lipinski definition) is 3. The topological polar surface area (TPSA) is 62.2 Å². The van der Waals surface area contributed by atoms with E-state index < -0.39 is 0 Å². The third-order valence-corrected chi connectivity index (χ3v) is 7.21. The number of nitrogens with one attached hydrogen (secondary N) is 2. The molecule has 2 amide bonds. The molecule has 2 aromatic carbocycles. The normalized spacial score (nSPS) is 24.8. The minimum absolute atomic E-state index is 0.0456. The van der Waals surface area contributed by atoms with Crippen molar-refractivity contribution in [2.45, 2.75) is 63.1 Å². The SMILES string of the molecule is O=C(NC1CCc2c1cccc2N1C2CCCC1CC2)Nn1ncc2ccccc21. The van der Waals surface area contributed by atoms with Gasteiger partial charge in [0.05, 0.1) is 17.8 Å². The van der Waals surface area contributed by atoms with E-state index in [4.69, 9.17) is 0 Å². The molecule has 0 radical (unpaired) electrons. The maximum Gasteiger partial charge on any atom is 0.335 e. The van der Waals surface area contributed by atoms with Crippen LogP contribution in [0.1, 0.15) is 55.7 Å². The van der Waals surface area contributed by atoms with Crippen LogP contribution >= 0.6 is 0 Å². The molecule has 2 saturated heterocycles. The predicted molar refractivity (Wildman–Crippen MR) is 118 cm³/mol. The molecule has 154 valence electrons. The number of rotatable bonds is 3. The maximum absolute atomic E-state index is 12.7. The van der Waals surface area contributed by atoms with Crippen LogP contribution in [0.25, 0.3) is 10.9 Å². The first-order valence-corrected chi connectivity index (χ1v) is 11.2. The summed E-state index contributed by atoms with van der Waals surface area (Å²) >= 11 is 0. The predicted octanol–water partition coefficient (Wildman–Crippen LogP) is 4.50. The number of nitrogens with zero attached hydrogens (tertiary/aromatic N) is 3. The van der Waals surface area contributed by atoms with Crippen molar-refractivity contribution < 1.29 is 4.79 Å². The Kier molecular flexibility index (Phi) is 4.18. The lowest BCUT2D eigenvalue weighted by atomic mass is 9.98. The summed E-state index contributed by atoms with van der Waals surface area (Å²) in [5, 5.41) is 8.47. The van der Waals surface area contributed by atoms with Crippen LogP contribution in [0.4, 0.5) is 10.5 Å². The monoisotopic (exact) mass is 401 g/mol. The van der Waals surface area contributed by atoms with E-state index in [1.54, 1.807) is 11.0 Å². The fourth-order valence-electron chi connectivity index (χ4n) is 5.88. The molecule has 1 aromatic heterocycles. The molecule has 3 aromatic rings. The van der Waals surface area contributed by atoms with Gasteiger partial charge in [-0.05, 0) is 68.2 Å². The summed E-state index contributed by atoms with van der Waals surface area (Å²) in [5.74, 6) is 0. The van der Waals surface area contributed by atoms with Crippen LogP contribution in [0.3, 0.4) is 0 Å². The van der Waals surface area contributed by atoms with Crippen molar-refractivity contribution in [1.82, 2.24) is 15.2 Å². The molecule has 6 nitrogen and oxygen atoms in total. The number of piperidine rings is 1. The summed E-state index contributed by atoms with van der Waals surface area (Å²) in [4.78, 5) is 17.0. The summed E-state index contributed by atoms with van der Waals surface area (Å²) < 4.78 is 0.